The molecule has 0 saturated carbocycles. The number of nitrogens with zero attached hydrogens (tertiary/aromatic N) is 2. The van der Waals surface area contributed by atoms with Crippen molar-refractivity contribution in [3.05, 3.63) is 92.8 Å². The molecule has 1 saturated heterocycles. The number of carboxylic acid groups (broad SMARTS) is 1. The molecule has 7 nitrogen and oxygen atoms in total. The number of carboxylic acids is 1. The molecular formula is C28H25BrN2O5S. The molecule has 0 aliphatic carbocycles. The Balaban J connectivity index is 1.55. The Labute approximate surface area is 227 Å². The average Bonchev–Trinajstić information content (AvgIpc) is 3.18. The highest BCUT2D eigenvalue weighted by atomic mass is 79.9. The number of hydrogen-bond donors (Lipinski definition) is 1. The van der Waals surface area contributed by atoms with Crippen molar-refractivity contribution in [2.75, 3.05) is 13.2 Å². The van der Waals surface area contributed by atoms with E-state index < -0.39 is 5.97 Å². The van der Waals surface area contributed by atoms with Gasteiger partial charge >= 0.3 is 5.97 Å². The fourth-order valence-corrected chi connectivity index (χ4v) is 4.88. The minimum atomic E-state index is -0.999. The van der Waals surface area contributed by atoms with Gasteiger partial charge in [-0.3, -0.25) is 9.69 Å². The summed E-state index contributed by atoms with van der Waals surface area (Å²) in [6.07, 6.45) is 1.81. The lowest BCUT2D eigenvalue weighted by Crippen LogP contribution is -2.28. The second-order valence-corrected chi connectivity index (χ2v) is 9.89. The van der Waals surface area contributed by atoms with Crippen LogP contribution in [0, 0.1) is 0 Å². The number of ether oxygens (including phenoxy) is 2. The van der Waals surface area contributed by atoms with E-state index in [1.807, 2.05) is 62.4 Å². The van der Waals surface area contributed by atoms with Crippen LogP contribution < -0.4 is 9.47 Å². The lowest BCUT2D eigenvalue weighted by molar-refractivity contribution is -0.122. The molecule has 37 heavy (non-hydrogen) atoms. The average molecular weight is 581 g/mol. The molecule has 3 aromatic rings. The van der Waals surface area contributed by atoms with E-state index >= 15 is 0 Å². The van der Waals surface area contributed by atoms with E-state index in [1.54, 1.807) is 17.0 Å². The fourth-order valence-electron chi connectivity index (χ4n) is 3.55. The summed E-state index contributed by atoms with van der Waals surface area (Å²) in [5, 5.41) is 9.64. The van der Waals surface area contributed by atoms with Crippen molar-refractivity contribution in [1.82, 2.24) is 4.90 Å². The largest absolute Gasteiger partial charge is 0.490 e. The van der Waals surface area contributed by atoms with Gasteiger partial charge in [0.1, 0.15) is 6.61 Å². The lowest BCUT2D eigenvalue weighted by atomic mass is 10.1. The maximum Gasteiger partial charge on any atom is 0.335 e. The number of carbonyl (C=O) groups is 2. The first-order valence-corrected chi connectivity index (χ1v) is 13.3. The van der Waals surface area contributed by atoms with Crippen LogP contribution in [0.25, 0.3) is 6.08 Å². The molecule has 0 radical (unpaired) electrons. The first kappa shape index (κ1) is 26.5. The highest BCUT2D eigenvalue weighted by Gasteiger charge is 2.32. The predicted octanol–water partition coefficient (Wildman–Crippen LogP) is 6.75. The highest BCUT2D eigenvalue weighted by Crippen LogP contribution is 2.36. The molecule has 0 aromatic heterocycles. The zero-order valence-corrected chi connectivity index (χ0v) is 22.7. The van der Waals surface area contributed by atoms with Crippen molar-refractivity contribution in [2.24, 2.45) is 4.99 Å². The molecule has 9 heteroatoms. The molecule has 1 aliphatic heterocycles. The second-order valence-electron chi connectivity index (χ2n) is 7.96. The van der Waals surface area contributed by atoms with Gasteiger partial charge in [-0.2, -0.15) is 0 Å². The van der Waals surface area contributed by atoms with E-state index in [0.29, 0.717) is 47.0 Å². The van der Waals surface area contributed by atoms with Crippen LogP contribution in [0.15, 0.2) is 81.1 Å². The van der Waals surface area contributed by atoms with Gasteiger partial charge in [0.25, 0.3) is 5.91 Å². The number of thioether (sulfide) groups is 1. The number of halogens is 1. The van der Waals surface area contributed by atoms with Crippen molar-refractivity contribution in [3.63, 3.8) is 0 Å². The first-order chi connectivity index (χ1) is 17.9. The van der Waals surface area contributed by atoms with Crippen LogP contribution in [0.4, 0.5) is 5.69 Å². The van der Waals surface area contributed by atoms with Crippen LogP contribution in [0.1, 0.15) is 35.3 Å². The Kier molecular flexibility index (Phi) is 8.68. The van der Waals surface area contributed by atoms with Crippen molar-refractivity contribution in [3.8, 4) is 11.5 Å². The van der Waals surface area contributed by atoms with Gasteiger partial charge in [0.2, 0.25) is 0 Å². The topological polar surface area (TPSA) is 88.4 Å². The molecular weight excluding hydrogens is 556 g/mol. The number of likely N-dealkylation sites (N-methyl/N-ethyl adjacent to an activating group) is 1. The van der Waals surface area contributed by atoms with E-state index in [1.165, 1.54) is 23.9 Å². The molecule has 0 atom stereocenters. The minimum Gasteiger partial charge on any atom is -0.490 e. The summed E-state index contributed by atoms with van der Waals surface area (Å²) in [6, 6.07) is 19.7. The summed E-state index contributed by atoms with van der Waals surface area (Å²) in [6.45, 7) is 5.13. The van der Waals surface area contributed by atoms with Crippen molar-refractivity contribution in [1.29, 1.82) is 0 Å². The molecule has 0 bridgehead atoms. The molecule has 0 unspecified atom stereocenters. The standard InChI is InChI=1S/C28H25BrN2O5S/c1-3-31-26(32)25(37-28(31)30-22-12-8-20(9-13-22)27(33)34)16-19-7-14-23(24(15-19)35-4-2)36-17-18-5-10-21(29)11-6-18/h5-16H,3-4,17H2,1-2H3,(H,33,34). The molecule has 3 aromatic carbocycles. The summed E-state index contributed by atoms with van der Waals surface area (Å²) in [5.74, 6) is 0.0897. The van der Waals surface area contributed by atoms with Gasteiger partial charge in [0.15, 0.2) is 16.7 Å². The summed E-state index contributed by atoms with van der Waals surface area (Å²) in [4.78, 5) is 30.9. The maximum atomic E-state index is 13.1. The smallest absolute Gasteiger partial charge is 0.335 e. The third kappa shape index (κ3) is 6.61. The third-order valence-electron chi connectivity index (χ3n) is 5.42. The molecule has 1 aliphatic rings. The minimum absolute atomic E-state index is 0.137. The predicted molar refractivity (Wildman–Crippen MR) is 150 cm³/mol. The number of hydrogen-bond acceptors (Lipinski definition) is 6. The van der Waals surface area contributed by atoms with Gasteiger partial charge in [0, 0.05) is 11.0 Å². The summed E-state index contributed by atoms with van der Waals surface area (Å²) >= 11 is 4.71. The number of aliphatic imine (C=N–C) groups is 1. The Bertz CT molecular complexity index is 1350. The van der Waals surface area contributed by atoms with Gasteiger partial charge in [0.05, 0.1) is 22.8 Å². The van der Waals surface area contributed by atoms with Gasteiger partial charge in [-0.25, -0.2) is 9.79 Å². The lowest BCUT2D eigenvalue weighted by Gasteiger charge is -2.13. The van der Waals surface area contributed by atoms with Gasteiger partial charge < -0.3 is 14.6 Å². The third-order valence-corrected chi connectivity index (χ3v) is 6.95. The molecule has 1 fully saturated rings. The molecule has 190 valence electrons. The molecule has 1 N–H and O–H groups in total. The van der Waals surface area contributed by atoms with Crippen molar-refractivity contribution >= 4 is 56.5 Å². The Hall–Kier alpha value is -3.56. The second kappa shape index (κ2) is 12.1. The Morgan fingerprint density at radius 2 is 1.76 bits per heavy atom. The SMILES string of the molecule is CCOc1cc(C=C2SC(=Nc3ccc(C(=O)O)cc3)N(CC)C2=O)ccc1OCc1ccc(Br)cc1. The van der Waals surface area contributed by atoms with E-state index in [-0.39, 0.29) is 11.5 Å². The summed E-state index contributed by atoms with van der Waals surface area (Å²) < 4.78 is 12.8. The van der Waals surface area contributed by atoms with Gasteiger partial charge in [-0.15, -0.1) is 0 Å². The fraction of sp³-hybridized carbons (Fsp3) is 0.179. The van der Waals surface area contributed by atoms with Gasteiger partial charge in [-0.05, 0) is 91.3 Å². The molecule has 1 heterocycles. The van der Waals surface area contributed by atoms with Crippen LogP contribution in [0.5, 0.6) is 11.5 Å². The molecule has 4 rings (SSSR count). The van der Waals surface area contributed by atoms with Crippen LogP contribution >= 0.6 is 27.7 Å². The number of amidine groups is 1. The molecule has 1 amide bonds. The van der Waals surface area contributed by atoms with Gasteiger partial charge in [-0.1, -0.05) is 34.1 Å². The highest BCUT2D eigenvalue weighted by molar-refractivity contribution is 9.10. The summed E-state index contributed by atoms with van der Waals surface area (Å²) in [7, 11) is 0. The van der Waals surface area contributed by atoms with E-state index in [2.05, 4.69) is 20.9 Å². The molecule has 0 spiro atoms. The van der Waals surface area contributed by atoms with Crippen molar-refractivity contribution in [2.45, 2.75) is 20.5 Å². The number of carbonyl (C=O) groups excluding carboxylic acids is 1. The summed E-state index contributed by atoms with van der Waals surface area (Å²) in [5.41, 5.74) is 2.60. The van der Waals surface area contributed by atoms with Crippen LogP contribution in [-0.2, 0) is 11.4 Å². The number of rotatable bonds is 9. The normalized spacial score (nSPS) is 15.4. The van der Waals surface area contributed by atoms with Crippen LogP contribution in [0.2, 0.25) is 0 Å². The van der Waals surface area contributed by atoms with E-state index in [9.17, 15) is 9.59 Å². The number of benzene rings is 3. The zero-order chi connectivity index (χ0) is 26.4. The van der Waals surface area contributed by atoms with Crippen molar-refractivity contribution < 1.29 is 24.2 Å². The zero-order valence-electron chi connectivity index (χ0n) is 20.3. The van der Waals surface area contributed by atoms with Crippen LogP contribution in [-0.4, -0.2) is 40.2 Å². The number of aromatic carboxylic acids is 1. The quantitative estimate of drug-likeness (QED) is 0.282. The van der Waals surface area contributed by atoms with E-state index in [0.717, 1.165) is 15.6 Å². The number of amides is 1. The van der Waals surface area contributed by atoms with Crippen LogP contribution in [0.3, 0.4) is 0 Å². The van der Waals surface area contributed by atoms with E-state index in [4.69, 9.17) is 14.6 Å². The first-order valence-electron chi connectivity index (χ1n) is 11.7. The maximum absolute atomic E-state index is 13.1. The monoisotopic (exact) mass is 580 g/mol. The Morgan fingerprint density at radius 3 is 2.41 bits per heavy atom. The Morgan fingerprint density at radius 1 is 1.03 bits per heavy atom.